The Bertz CT molecular complexity index is 1580. The van der Waals surface area contributed by atoms with Gasteiger partial charge in [0.2, 0.25) is 29.5 Å². The smallest absolute Gasteiger partial charge is 0.258 e. The maximum absolute atomic E-state index is 14.7. The average molecular weight is 713 g/mol. The number of ether oxygens (including phenoxy) is 1. The normalized spacial score (nSPS) is 25.3. The summed E-state index contributed by atoms with van der Waals surface area (Å²) in [5, 5.41) is 13.8. The minimum absolute atomic E-state index is 0.0134. The van der Waals surface area contributed by atoms with E-state index in [0.29, 0.717) is 11.3 Å². The van der Waals surface area contributed by atoms with E-state index < -0.39 is 83.4 Å². The molecule has 270 valence electrons. The third-order valence-electron chi connectivity index (χ3n) is 8.80. The molecule has 2 saturated heterocycles. The molecule has 2 fully saturated rings. The van der Waals surface area contributed by atoms with Gasteiger partial charge in [0.05, 0.1) is 19.6 Å². The first kappa shape index (κ1) is 38.1. The van der Waals surface area contributed by atoms with E-state index in [0.717, 1.165) is 6.07 Å². The van der Waals surface area contributed by atoms with Crippen LogP contribution in [0.2, 0.25) is 0 Å². The van der Waals surface area contributed by atoms with Gasteiger partial charge in [-0.3, -0.25) is 28.8 Å². The molecule has 2 aliphatic heterocycles. The lowest BCUT2D eigenvalue weighted by atomic mass is 10.0. The SMILES string of the molecule is COc1cccc(F)c1C(=O)N[C@H]1C[C@H]2C(=O)N[C@@H](C)C(=O)N[C@H](c3ccccc3)CC(=O)N[C@@H](CCSC)C(=O)N[C@@H](C(C)C)C(=O)N2C1. The molecule has 6 atom stereocenters. The molecular weight excluding hydrogens is 667 g/mol. The fourth-order valence-corrected chi connectivity index (χ4v) is 6.56. The van der Waals surface area contributed by atoms with Crippen LogP contribution in [0.1, 0.15) is 62.0 Å². The first-order chi connectivity index (χ1) is 23.8. The highest BCUT2D eigenvalue weighted by Crippen LogP contribution is 2.25. The Morgan fingerprint density at radius 2 is 1.70 bits per heavy atom. The number of amides is 6. The van der Waals surface area contributed by atoms with Crippen LogP contribution < -0.4 is 31.3 Å². The summed E-state index contributed by atoms with van der Waals surface area (Å²) < 4.78 is 19.9. The lowest BCUT2D eigenvalue weighted by Gasteiger charge is -2.32. The second kappa shape index (κ2) is 17.3. The van der Waals surface area contributed by atoms with Gasteiger partial charge in [-0.2, -0.15) is 11.8 Å². The van der Waals surface area contributed by atoms with Crippen LogP contribution in [0.3, 0.4) is 0 Å². The van der Waals surface area contributed by atoms with Crippen LogP contribution in [0.5, 0.6) is 5.75 Å². The summed E-state index contributed by atoms with van der Waals surface area (Å²) in [6, 6.07) is 6.96. The number of carbonyl (C=O) groups excluding carboxylic acids is 6. The third kappa shape index (κ3) is 9.31. The van der Waals surface area contributed by atoms with E-state index in [2.05, 4.69) is 26.6 Å². The Labute approximate surface area is 295 Å². The number of thioether (sulfide) groups is 1. The molecule has 0 aliphatic carbocycles. The Morgan fingerprint density at radius 3 is 2.36 bits per heavy atom. The number of hydrogen-bond acceptors (Lipinski definition) is 8. The van der Waals surface area contributed by atoms with Crippen molar-refractivity contribution in [2.45, 2.75) is 76.3 Å². The van der Waals surface area contributed by atoms with E-state index >= 15 is 0 Å². The van der Waals surface area contributed by atoms with E-state index in [4.69, 9.17) is 4.74 Å². The van der Waals surface area contributed by atoms with E-state index in [-0.39, 0.29) is 37.1 Å². The maximum atomic E-state index is 14.7. The van der Waals surface area contributed by atoms with Crippen molar-refractivity contribution in [2.24, 2.45) is 5.92 Å². The van der Waals surface area contributed by atoms with E-state index in [1.54, 1.807) is 44.2 Å². The molecule has 0 spiro atoms. The lowest BCUT2D eigenvalue weighted by molar-refractivity contribution is -0.143. The van der Waals surface area contributed by atoms with Gasteiger partial charge in [0, 0.05) is 12.6 Å². The zero-order valence-corrected chi connectivity index (χ0v) is 29.6. The van der Waals surface area contributed by atoms with Gasteiger partial charge >= 0.3 is 0 Å². The second-order valence-corrected chi connectivity index (χ2v) is 13.8. The number of hydrogen-bond donors (Lipinski definition) is 5. The van der Waals surface area contributed by atoms with Crippen molar-refractivity contribution in [3.63, 3.8) is 0 Å². The second-order valence-electron chi connectivity index (χ2n) is 12.8. The van der Waals surface area contributed by atoms with Crippen LogP contribution >= 0.6 is 11.8 Å². The average Bonchev–Trinajstić information content (AvgIpc) is 3.51. The molecule has 50 heavy (non-hydrogen) atoms. The first-order valence-electron chi connectivity index (χ1n) is 16.5. The van der Waals surface area contributed by atoms with Crippen molar-refractivity contribution in [1.29, 1.82) is 0 Å². The van der Waals surface area contributed by atoms with Crippen LogP contribution in [0.15, 0.2) is 48.5 Å². The van der Waals surface area contributed by atoms with E-state index in [9.17, 15) is 33.2 Å². The molecule has 6 amide bonds. The van der Waals surface area contributed by atoms with Crippen molar-refractivity contribution in [3.05, 3.63) is 65.5 Å². The number of halogens is 1. The number of benzene rings is 2. The molecule has 4 rings (SSSR count). The Morgan fingerprint density at radius 1 is 0.980 bits per heavy atom. The minimum Gasteiger partial charge on any atom is -0.496 e. The standard InChI is InChI=1S/C35H45FN6O7S/c1-19(2)30-35(48)42-18-22(38-34(47)29-23(36)12-9-13-27(29)49-4)16-26(42)33(46)37-20(3)31(44)40-25(21-10-7-6-8-11-21)17-28(43)39-24(14-15-50-5)32(45)41-30/h6-13,19-20,22,24-26,30H,14-18H2,1-5H3,(H,37,46)(H,38,47)(H,39,43)(H,40,44)(H,41,45)/t20-,22-,24-,25-,26-,30-/m0/s1. The number of nitrogens with one attached hydrogen (secondary N) is 5. The Kier molecular flexibility index (Phi) is 13.2. The lowest BCUT2D eigenvalue weighted by Crippen LogP contribution is -2.59. The molecular formula is C35H45FN6O7S. The number of rotatable bonds is 8. The van der Waals surface area contributed by atoms with Gasteiger partial charge in [-0.25, -0.2) is 4.39 Å². The molecule has 0 unspecified atom stereocenters. The molecule has 0 bridgehead atoms. The fourth-order valence-electron chi connectivity index (χ4n) is 6.08. The highest BCUT2D eigenvalue weighted by Gasteiger charge is 2.44. The van der Waals surface area contributed by atoms with Gasteiger partial charge in [-0.15, -0.1) is 0 Å². The molecule has 2 heterocycles. The molecule has 5 N–H and O–H groups in total. The summed E-state index contributed by atoms with van der Waals surface area (Å²) in [7, 11) is 1.31. The number of fused-ring (bicyclic) bond motifs is 1. The Hall–Kier alpha value is -4.66. The fraction of sp³-hybridized carbons (Fsp3) is 0.486. The number of nitrogens with zero attached hydrogens (tertiary/aromatic N) is 1. The maximum Gasteiger partial charge on any atom is 0.258 e. The van der Waals surface area contributed by atoms with Gasteiger partial charge in [0.25, 0.3) is 5.91 Å². The van der Waals surface area contributed by atoms with Gasteiger partial charge < -0.3 is 36.2 Å². The minimum atomic E-state index is -1.14. The van der Waals surface area contributed by atoms with Crippen LogP contribution in [0.4, 0.5) is 4.39 Å². The summed E-state index contributed by atoms with van der Waals surface area (Å²) in [4.78, 5) is 83.1. The van der Waals surface area contributed by atoms with Crippen molar-refractivity contribution in [1.82, 2.24) is 31.5 Å². The molecule has 0 radical (unpaired) electrons. The van der Waals surface area contributed by atoms with E-state index in [1.165, 1.54) is 42.8 Å². The van der Waals surface area contributed by atoms with Crippen molar-refractivity contribution >= 4 is 47.2 Å². The van der Waals surface area contributed by atoms with Crippen LogP contribution in [0, 0.1) is 11.7 Å². The van der Waals surface area contributed by atoms with Gasteiger partial charge in [0.1, 0.15) is 41.3 Å². The summed E-state index contributed by atoms with van der Waals surface area (Å²) >= 11 is 1.49. The summed E-state index contributed by atoms with van der Waals surface area (Å²) in [5.41, 5.74) is 0.327. The summed E-state index contributed by atoms with van der Waals surface area (Å²) in [6.45, 7) is 4.82. The molecule has 0 saturated carbocycles. The molecule has 0 aromatic heterocycles. The quantitative estimate of drug-likeness (QED) is 0.275. The zero-order chi connectivity index (χ0) is 36.5. The largest absolute Gasteiger partial charge is 0.496 e. The predicted molar refractivity (Wildman–Crippen MR) is 186 cm³/mol. The highest BCUT2D eigenvalue weighted by molar-refractivity contribution is 7.98. The predicted octanol–water partition coefficient (Wildman–Crippen LogP) is 1.68. The van der Waals surface area contributed by atoms with Gasteiger partial charge in [0.15, 0.2) is 0 Å². The zero-order valence-electron chi connectivity index (χ0n) is 28.8. The van der Waals surface area contributed by atoms with Gasteiger partial charge in [-0.1, -0.05) is 50.2 Å². The molecule has 2 aliphatic rings. The molecule has 15 heteroatoms. The topological polar surface area (TPSA) is 175 Å². The third-order valence-corrected chi connectivity index (χ3v) is 9.44. The molecule has 2 aromatic carbocycles. The Balaban J connectivity index is 1.69. The van der Waals surface area contributed by atoms with Gasteiger partial charge in [-0.05, 0) is 55.4 Å². The monoisotopic (exact) mass is 712 g/mol. The van der Waals surface area contributed by atoms with E-state index in [1.807, 2.05) is 6.26 Å². The van der Waals surface area contributed by atoms with Crippen molar-refractivity contribution in [3.8, 4) is 5.75 Å². The molecule has 2 aromatic rings. The summed E-state index contributed by atoms with van der Waals surface area (Å²) in [5.74, 6) is -4.36. The van der Waals surface area contributed by atoms with Crippen molar-refractivity contribution in [2.75, 3.05) is 25.7 Å². The summed E-state index contributed by atoms with van der Waals surface area (Å²) in [6.07, 6.45) is 1.91. The molecule has 13 nitrogen and oxygen atoms in total. The van der Waals surface area contributed by atoms with Crippen LogP contribution in [0.25, 0.3) is 0 Å². The first-order valence-corrected chi connectivity index (χ1v) is 17.9. The van der Waals surface area contributed by atoms with Crippen molar-refractivity contribution < 1.29 is 37.9 Å². The number of methoxy groups -OCH3 is 1. The van der Waals surface area contributed by atoms with Crippen LogP contribution in [-0.2, 0) is 24.0 Å². The highest BCUT2D eigenvalue weighted by atomic mass is 32.2. The number of carbonyl (C=O) groups is 6. The van der Waals surface area contributed by atoms with Crippen LogP contribution in [-0.4, -0.2) is 96.2 Å².